The summed E-state index contributed by atoms with van der Waals surface area (Å²) >= 11 is 0. The summed E-state index contributed by atoms with van der Waals surface area (Å²) in [4.78, 5) is 20.9. The predicted molar refractivity (Wildman–Crippen MR) is 80.2 cm³/mol. The third kappa shape index (κ3) is 3.55. The van der Waals surface area contributed by atoms with Gasteiger partial charge in [-0.1, -0.05) is 20.8 Å². The van der Waals surface area contributed by atoms with Crippen molar-refractivity contribution in [2.75, 3.05) is 23.8 Å². The summed E-state index contributed by atoms with van der Waals surface area (Å²) in [6.07, 6.45) is 4.07. The highest BCUT2D eigenvalue weighted by molar-refractivity contribution is 5.70. The van der Waals surface area contributed by atoms with Gasteiger partial charge >= 0.3 is 5.69 Å². The molecule has 1 aromatic rings. The van der Waals surface area contributed by atoms with Gasteiger partial charge in [-0.15, -0.1) is 0 Å². The number of hydrogen-bond donors (Lipinski definition) is 1. The molecule has 1 N–H and O–H groups in total. The molecule has 0 aliphatic heterocycles. The maximum Gasteiger partial charge on any atom is 0.353 e. The van der Waals surface area contributed by atoms with Gasteiger partial charge in [0.1, 0.15) is 6.33 Å². The van der Waals surface area contributed by atoms with Crippen LogP contribution >= 0.6 is 0 Å². The van der Waals surface area contributed by atoms with E-state index in [2.05, 4.69) is 29.1 Å². The SMILES string of the molecule is CCCNc1ncnc(N(C)C(CC)CC)c1[N+](=O)[O-]. The van der Waals surface area contributed by atoms with Gasteiger partial charge in [0.15, 0.2) is 0 Å². The Morgan fingerprint density at radius 2 is 2.00 bits per heavy atom. The van der Waals surface area contributed by atoms with Crippen molar-refractivity contribution < 1.29 is 4.92 Å². The molecule has 20 heavy (non-hydrogen) atoms. The highest BCUT2D eigenvalue weighted by Gasteiger charge is 2.27. The predicted octanol–water partition coefficient (Wildman–Crippen LogP) is 2.83. The van der Waals surface area contributed by atoms with Crippen molar-refractivity contribution in [3.8, 4) is 0 Å². The van der Waals surface area contributed by atoms with Crippen LogP contribution < -0.4 is 10.2 Å². The standard InChI is InChI=1S/C13H23N5O2/c1-5-8-14-12-11(18(19)20)13(16-9-15-12)17(4)10(6-2)7-3/h9-10H,5-8H2,1-4H3,(H,14,15,16). The quantitative estimate of drug-likeness (QED) is 0.582. The van der Waals surface area contributed by atoms with Crippen LogP contribution in [0.3, 0.4) is 0 Å². The lowest BCUT2D eigenvalue weighted by Crippen LogP contribution is -2.32. The monoisotopic (exact) mass is 281 g/mol. The molecule has 7 heteroatoms. The van der Waals surface area contributed by atoms with E-state index < -0.39 is 4.92 Å². The van der Waals surface area contributed by atoms with E-state index in [4.69, 9.17) is 0 Å². The van der Waals surface area contributed by atoms with E-state index in [-0.39, 0.29) is 11.7 Å². The number of aromatic nitrogens is 2. The fraction of sp³-hybridized carbons (Fsp3) is 0.692. The molecule has 0 saturated heterocycles. The average Bonchev–Trinajstić information content (AvgIpc) is 2.45. The first-order chi connectivity index (χ1) is 9.56. The molecule has 7 nitrogen and oxygen atoms in total. The van der Waals surface area contributed by atoms with Crippen LogP contribution in [0.5, 0.6) is 0 Å². The Labute approximate surface area is 119 Å². The summed E-state index contributed by atoms with van der Waals surface area (Å²) in [5.41, 5.74) is -0.0460. The van der Waals surface area contributed by atoms with Gasteiger partial charge in [0, 0.05) is 19.6 Å². The molecule has 0 amide bonds. The fourth-order valence-corrected chi connectivity index (χ4v) is 2.18. The molecule has 0 aromatic carbocycles. The molecular weight excluding hydrogens is 258 g/mol. The van der Waals surface area contributed by atoms with Crippen molar-refractivity contribution in [1.29, 1.82) is 0 Å². The van der Waals surface area contributed by atoms with Crippen molar-refractivity contribution in [2.45, 2.75) is 46.1 Å². The van der Waals surface area contributed by atoms with Crippen molar-refractivity contribution in [3.63, 3.8) is 0 Å². The Bertz CT molecular complexity index is 448. The van der Waals surface area contributed by atoms with Crippen molar-refractivity contribution in [2.24, 2.45) is 0 Å². The van der Waals surface area contributed by atoms with E-state index in [1.165, 1.54) is 6.33 Å². The molecular formula is C13H23N5O2. The molecule has 0 atom stereocenters. The molecule has 0 aliphatic rings. The number of anilines is 2. The summed E-state index contributed by atoms with van der Waals surface area (Å²) < 4.78 is 0. The van der Waals surface area contributed by atoms with Crippen LogP contribution in [0.2, 0.25) is 0 Å². The van der Waals surface area contributed by atoms with E-state index in [0.717, 1.165) is 19.3 Å². The Kier molecular flexibility index (Phi) is 6.14. The highest BCUT2D eigenvalue weighted by atomic mass is 16.6. The molecule has 1 rings (SSSR count). The molecule has 0 aliphatic carbocycles. The van der Waals surface area contributed by atoms with Crippen LogP contribution in [0.15, 0.2) is 6.33 Å². The number of rotatable bonds is 8. The first kappa shape index (κ1) is 16.1. The third-order valence-corrected chi connectivity index (χ3v) is 3.35. The molecule has 0 fully saturated rings. The van der Waals surface area contributed by atoms with Crippen LogP contribution in [-0.4, -0.2) is 34.5 Å². The molecule has 112 valence electrons. The lowest BCUT2D eigenvalue weighted by atomic mass is 10.1. The normalized spacial score (nSPS) is 10.7. The maximum atomic E-state index is 11.4. The van der Waals surface area contributed by atoms with Crippen molar-refractivity contribution >= 4 is 17.3 Å². The summed E-state index contributed by atoms with van der Waals surface area (Å²) in [6.45, 7) is 6.77. The molecule has 0 unspecified atom stereocenters. The van der Waals surface area contributed by atoms with E-state index >= 15 is 0 Å². The zero-order valence-corrected chi connectivity index (χ0v) is 12.6. The minimum absolute atomic E-state index is 0.0460. The first-order valence-electron chi connectivity index (χ1n) is 7.02. The van der Waals surface area contributed by atoms with Gasteiger partial charge in [-0.05, 0) is 19.3 Å². The summed E-state index contributed by atoms with van der Waals surface area (Å²) in [5.74, 6) is 0.664. The topological polar surface area (TPSA) is 84.2 Å². The van der Waals surface area contributed by atoms with Crippen LogP contribution in [0, 0.1) is 10.1 Å². The van der Waals surface area contributed by atoms with Crippen LogP contribution in [0.4, 0.5) is 17.3 Å². The third-order valence-electron chi connectivity index (χ3n) is 3.35. The first-order valence-corrected chi connectivity index (χ1v) is 7.02. The second kappa shape index (κ2) is 7.62. The fourth-order valence-electron chi connectivity index (χ4n) is 2.18. The molecule has 1 heterocycles. The van der Waals surface area contributed by atoms with Crippen LogP contribution in [-0.2, 0) is 0 Å². The summed E-state index contributed by atoms with van der Waals surface area (Å²) in [6, 6.07) is 0.225. The number of nitrogens with one attached hydrogen (secondary N) is 1. The average molecular weight is 281 g/mol. The molecule has 0 radical (unpaired) electrons. The van der Waals surface area contributed by atoms with E-state index in [9.17, 15) is 10.1 Å². The minimum atomic E-state index is -0.411. The van der Waals surface area contributed by atoms with Crippen LogP contribution in [0.25, 0.3) is 0 Å². The van der Waals surface area contributed by atoms with Crippen LogP contribution in [0.1, 0.15) is 40.0 Å². The Morgan fingerprint density at radius 3 is 2.50 bits per heavy atom. The highest BCUT2D eigenvalue weighted by Crippen LogP contribution is 2.32. The van der Waals surface area contributed by atoms with Gasteiger partial charge in [0.2, 0.25) is 11.6 Å². The zero-order chi connectivity index (χ0) is 15.1. The lowest BCUT2D eigenvalue weighted by molar-refractivity contribution is -0.383. The molecule has 0 spiro atoms. The van der Waals surface area contributed by atoms with Gasteiger partial charge in [-0.25, -0.2) is 9.97 Å². The summed E-state index contributed by atoms with van der Waals surface area (Å²) in [7, 11) is 1.84. The number of hydrogen-bond acceptors (Lipinski definition) is 6. The van der Waals surface area contributed by atoms with Gasteiger partial charge in [-0.3, -0.25) is 10.1 Å². The lowest BCUT2D eigenvalue weighted by Gasteiger charge is -2.27. The van der Waals surface area contributed by atoms with Gasteiger partial charge in [0.05, 0.1) is 4.92 Å². The summed E-state index contributed by atoms with van der Waals surface area (Å²) in [5, 5.41) is 14.4. The Morgan fingerprint density at radius 1 is 1.35 bits per heavy atom. The second-order valence-corrected chi connectivity index (χ2v) is 4.66. The van der Waals surface area contributed by atoms with E-state index in [1.54, 1.807) is 0 Å². The molecule has 0 bridgehead atoms. The van der Waals surface area contributed by atoms with E-state index in [1.807, 2.05) is 18.9 Å². The van der Waals surface area contributed by atoms with Gasteiger partial charge in [-0.2, -0.15) is 0 Å². The van der Waals surface area contributed by atoms with E-state index in [0.29, 0.717) is 18.2 Å². The number of nitro groups is 1. The Hall–Kier alpha value is -1.92. The van der Waals surface area contributed by atoms with Gasteiger partial charge in [0.25, 0.3) is 0 Å². The maximum absolute atomic E-state index is 11.4. The number of nitrogens with zero attached hydrogens (tertiary/aromatic N) is 4. The van der Waals surface area contributed by atoms with Crippen molar-refractivity contribution in [1.82, 2.24) is 9.97 Å². The zero-order valence-electron chi connectivity index (χ0n) is 12.6. The van der Waals surface area contributed by atoms with Gasteiger partial charge < -0.3 is 10.2 Å². The molecule has 0 saturated carbocycles. The Balaban J connectivity index is 3.21. The minimum Gasteiger partial charge on any atom is -0.364 e. The largest absolute Gasteiger partial charge is 0.364 e. The van der Waals surface area contributed by atoms with Crippen molar-refractivity contribution in [3.05, 3.63) is 16.4 Å². The smallest absolute Gasteiger partial charge is 0.353 e. The molecule has 1 aromatic heterocycles. The second-order valence-electron chi connectivity index (χ2n) is 4.66.